The smallest absolute Gasteiger partial charge is 0.243 e. The normalized spacial score (nSPS) is 23.4. The molecule has 2 N–H and O–H groups in total. The number of rotatable bonds is 3. The molecular weight excluding hydrogens is 542 g/mol. The second kappa shape index (κ2) is 13.1. The fourth-order valence-corrected chi connectivity index (χ4v) is 6.68. The van der Waals surface area contributed by atoms with Crippen LogP contribution >= 0.6 is 0 Å². The monoisotopic (exact) mass is 583 g/mol. The largest absolute Gasteiger partial charge is 0.344 e. The Morgan fingerprint density at radius 2 is 1.72 bits per heavy atom. The van der Waals surface area contributed by atoms with Gasteiger partial charge < -0.3 is 20.4 Å². The second-order valence-electron chi connectivity index (χ2n) is 11.9. The second-order valence-corrected chi connectivity index (χ2v) is 11.9. The molecule has 1 aromatic heterocycles. The third-order valence-electron chi connectivity index (χ3n) is 8.93. The summed E-state index contributed by atoms with van der Waals surface area (Å²) < 4.78 is 1.85. The molecule has 0 saturated carbocycles. The molecule has 0 spiro atoms. The summed E-state index contributed by atoms with van der Waals surface area (Å²) in [6, 6.07) is 17.0. The average molecular weight is 584 g/mol. The van der Waals surface area contributed by atoms with E-state index in [1.807, 2.05) is 59.0 Å². The lowest BCUT2D eigenvalue weighted by atomic mass is 9.95. The van der Waals surface area contributed by atoms with E-state index in [2.05, 4.69) is 22.8 Å². The lowest BCUT2D eigenvalue weighted by molar-refractivity contribution is -0.143. The van der Waals surface area contributed by atoms with Gasteiger partial charge in [0.1, 0.15) is 17.7 Å². The Morgan fingerprint density at radius 3 is 2.56 bits per heavy atom. The number of amides is 3. The van der Waals surface area contributed by atoms with Crippen LogP contribution in [0.2, 0.25) is 0 Å². The Bertz CT molecular complexity index is 1460. The van der Waals surface area contributed by atoms with Crippen molar-refractivity contribution in [3.05, 3.63) is 82.9 Å². The van der Waals surface area contributed by atoms with Crippen LogP contribution < -0.4 is 10.6 Å². The molecule has 3 aromatic rings. The zero-order chi connectivity index (χ0) is 29.8. The van der Waals surface area contributed by atoms with Gasteiger partial charge in [-0.3, -0.25) is 14.4 Å². The molecule has 3 aliphatic rings. The number of carbonyl (C=O) groups excluding carboxylic acids is 3. The lowest BCUT2D eigenvalue weighted by Gasteiger charge is -2.36. The zero-order valence-corrected chi connectivity index (χ0v) is 24.9. The van der Waals surface area contributed by atoms with Gasteiger partial charge >= 0.3 is 0 Å². The van der Waals surface area contributed by atoms with Crippen LogP contribution in [0, 0.1) is 6.92 Å². The molecule has 3 amide bonds. The van der Waals surface area contributed by atoms with Crippen molar-refractivity contribution in [3.8, 4) is 0 Å². The SMILES string of the molecule is Cc1nc2n(n1)CCN(C(=O)[C@H]1Cc3ccccc3CN1)CCCC(=O)N1CCCC[C@H]1C(=O)N[C@@H]2Cc1ccccc1. The van der Waals surface area contributed by atoms with E-state index in [0.717, 1.165) is 18.4 Å². The molecule has 43 heavy (non-hydrogen) atoms. The van der Waals surface area contributed by atoms with Crippen molar-refractivity contribution >= 4 is 17.7 Å². The molecule has 0 unspecified atom stereocenters. The number of nitrogens with zero attached hydrogens (tertiary/aromatic N) is 5. The highest BCUT2D eigenvalue weighted by Gasteiger charge is 2.35. The first-order valence-corrected chi connectivity index (χ1v) is 15.6. The Kier molecular flexibility index (Phi) is 8.83. The van der Waals surface area contributed by atoms with Gasteiger partial charge in [0.15, 0.2) is 0 Å². The number of carbonyl (C=O) groups is 3. The van der Waals surface area contributed by atoms with Crippen molar-refractivity contribution in [1.29, 1.82) is 0 Å². The van der Waals surface area contributed by atoms with Gasteiger partial charge in [-0.05, 0) is 62.1 Å². The summed E-state index contributed by atoms with van der Waals surface area (Å²) in [5, 5.41) is 11.4. The Hall–Kier alpha value is -4.05. The summed E-state index contributed by atoms with van der Waals surface area (Å²) in [7, 11) is 0. The van der Waals surface area contributed by atoms with Crippen molar-refractivity contribution in [1.82, 2.24) is 35.2 Å². The van der Waals surface area contributed by atoms with Crippen LogP contribution in [0.4, 0.5) is 0 Å². The highest BCUT2D eigenvalue weighted by molar-refractivity contribution is 5.88. The van der Waals surface area contributed by atoms with Gasteiger partial charge in [0.2, 0.25) is 17.7 Å². The van der Waals surface area contributed by atoms with E-state index >= 15 is 0 Å². The predicted octanol–water partition coefficient (Wildman–Crippen LogP) is 2.70. The van der Waals surface area contributed by atoms with Crippen LogP contribution in [0.3, 0.4) is 0 Å². The summed E-state index contributed by atoms with van der Waals surface area (Å²) in [4.78, 5) is 49.6. The molecular formula is C33H41N7O3. The molecule has 1 saturated heterocycles. The van der Waals surface area contributed by atoms with Crippen LogP contribution in [-0.2, 0) is 40.3 Å². The Balaban J connectivity index is 1.30. The van der Waals surface area contributed by atoms with Gasteiger partial charge in [0, 0.05) is 32.6 Å². The molecule has 3 aliphatic heterocycles. The minimum atomic E-state index is -0.510. The number of hydrogen-bond donors (Lipinski definition) is 2. The Morgan fingerprint density at radius 1 is 0.930 bits per heavy atom. The molecule has 10 heteroatoms. The van der Waals surface area contributed by atoms with Crippen LogP contribution in [0.5, 0.6) is 0 Å². The van der Waals surface area contributed by atoms with E-state index in [4.69, 9.17) is 10.1 Å². The highest BCUT2D eigenvalue weighted by atomic mass is 16.2. The summed E-state index contributed by atoms with van der Waals surface area (Å²) in [5.41, 5.74) is 3.49. The minimum absolute atomic E-state index is 0.0207. The number of benzene rings is 2. The van der Waals surface area contributed by atoms with Gasteiger partial charge in [0.05, 0.1) is 18.6 Å². The predicted molar refractivity (Wildman–Crippen MR) is 162 cm³/mol. The maximum atomic E-state index is 13.9. The topological polar surface area (TPSA) is 112 Å². The summed E-state index contributed by atoms with van der Waals surface area (Å²) in [6.45, 7) is 4.41. The maximum Gasteiger partial charge on any atom is 0.243 e. The molecule has 0 bridgehead atoms. The van der Waals surface area contributed by atoms with Gasteiger partial charge in [-0.25, -0.2) is 9.67 Å². The number of aryl methyl sites for hydroxylation is 1. The van der Waals surface area contributed by atoms with Gasteiger partial charge in [-0.15, -0.1) is 0 Å². The lowest BCUT2D eigenvalue weighted by Crippen LogP contribution is -2.53. The highest BCUT2D eigenvalue weighted by Crippen LogP contribution is 2.24. The molecule has 0 aliphatic carbocycles. The molecule has 3 atom stereocenters. The van der Waals surface area contributed by atoms with Gasteiger partial charge in [-0.2, -0.15) is 5.10 Å². The van der Waals surface area contributed by atoms with E-state index < -0.39 is 12.1 Å². The molecule has 226 valence electrons. The van der Waals surface area contributed by atoms with Crippen molar-refractivity contribution in [2.45, 2.75) is 83.1 Å². The van der Waals surface area contributed by atoms with Crippen LogP contribution in [-0.4, -0.2) is 74.0 Å². The average Bonchev–Trinajstić information content (AvgIpc) is 3.41. The maximum absolute atomic E-state index is 13.9. The zero-order valence-electron chi connectivity index (χ0n) is 24.9. The van der Waals surface area contributed by atoms with E-state index in [9.17, 15) is 14.4 Å². The first-order valence-electron chi connectivity index (χ1n) is 15.6. The first-order chi connectivity index (χ1) is 21.0. The van der Waals surface area contributed by atoms with E-state index in [1.165, 1.54) is 11.1 Å². The summed E-state index contributed by atoms with van der Waals surface area (Å²) >= 11 is 0. The molecule has 1 fully saturated rings. The minimum Gasteiger partial charge on any atom is -0.344 e. The van der Waals surface area contributed by atoms with Crippen LogP contribution in [0.25, 0.3) is 0 Å². The van der Waals surface area contributed by atoms with Gasteiger partial charge in [-0.1, -0.05) is 54.6 Å². The first kappa shape index (κ1) is 29.0. The van der Waals surface area contributed by atoms with Crippen molar-refractivity contribution in [3.63, 3.8) is 0 Å². The summed E-state index contributed by atoms with van der Waals surface area (Å²) in [6.07, 6.45) is 4.45. The van der Waals surface area contributed by atoms with E-state index in [-0.39, 0.29) is 23.8 Å². The van der Waals surface area contributed by atoms with Crippen molar-refractivity contribution in [2.24, 2.45) is 0 Å². The summed E-state index contributed by atoms with van der Waals surface area (Å²) in [5.74, 6) is 1.16. The number of nitrogens with one attached hydrogen (secondary N) is 2. The van der Waals surface area contributed by atoms with E-state index in [1.54, 1.807) is 4.90 Å². The number of piperidine rings is 1. The van der Waals surface area contributed by atoms with Gasteiger partial charge in [0.25, 0.3) is 0 Å². The van der Waals surface area contributed by atoms with Crippen molar-refractivity contribution in [2.75, 3.05) is 19.6 Å². The number of aromatic nitrogens is 3. The van der Waals surface area contributed by atoms with Crippen molar-refractivity contribution < 1.29 is 14.4 Å². The number of hydrogen-bond acceptors (Lipinski definition) is 6. The molecule has 4 heterocycles. The third-order valence-corrected chi connectivity index (χ3v) is 8.93. The van der Waals surface area contributed by atoms with E-state index in [0.29, 0.717) is 76.5 Å². The fourth-order valence-electron chi connectivity index (χ4n) is 6.68. The molecule has 0 radical (unpaired) electrons. The van der Waals surface area contributed by atoms with Crippen LogP contribution in [0.1, 0.15) is 66.5 Å². The molecule has 2 aromatic carbocycles. The quantitative estimate of drug-likeness (QED) is 0.491. The number of fused-ring (bicyclic) bond motifs is 3. The van der Waals surface area contributed by atoms with Crippen LogP contribution in [0.15, 0.2) is 54.6 Å². The third kappa shape index (κ3) is 6.64. The fraction of sp³-hybridized carbons (Fsp3) is 0.485. The molecule has 6 rings (SSSR count). The Labute approximate surface area is 252 Å². The standard InChI is InChI=1S/C33H41N7O3/c1-23-35-31-27(20-24-10-3-2-4-11-24)36-32(42)29-14-7-8-17-39(29)30(41)15-9-16-38(18-19-40(31)37-23)33(43)28-21-25-12-5-6-13-26(25)22-34-28/h2-6,10-13,27-29,34H,7-9,14-22H2,1H3,(H,36,42)/t27-,28-,29+/m1/s1. The molecule has 10 nitrogen and oxygen atoms in total.